The number of hydrogen-bond acceptors (Lipinski definition) is 4. The van der Waals surface area contributed by atoms with Crippen LogP contribution in [0.2, 0.25) is 5.02 Å². The number of rotatable bonds is 3. The monoisotopic (exact) mass is 363 g/mol. The van der Waals surface area contributed by atoms with Gasteiger partial charge in [-0.15, -0.1) is 0 Å². The highest BCUT2D eigenvalue weighted by Crippen LogP contribution is 2.35. The SMILES string of the molecule is O=C1S/C(=C\c2cc(Cl)ccc2O)C(=O)N1Cc1ccccc1F. The predicted octanol–water partition coefficient (Wildman–Crippen LogP) is 4.42. The molecule has 1 N–H and O–H groups in total. The van der Waals surface area contributed by atoms with Crippen molar-refractivity contribution in [1.29, 1.82) is 0 Å². The van der Waals surface area contributed by atoms with Crippen LogP contribution in [-0.4, -0.2) is 21.2 Å². The number of aromatic hydroxyl groups is 1. The largest absolute Gasteiger partial charge is 0.507 e. The molecule has 0 spiro atoms. The van der Waals surface area contributed by atoms with Crippen molar-refractivity contribution >= 4 is 40.6 Å². The molecular formula is C17H11ClFNO3S. The van der Waals surface area contributed by atoms with Crippen LogP contribution in [0.25, 0.3) is 6.08 Å². The minimum absolute atomic E-state index is 0.0553. The van der Waals surface area contributed by atoms with Gasteiger partial charge in [-0.1, -0.05) is 29.8 Å². The number of phenolic OH excluding ortho intramolecular Hbond substituents is 1. The van der Waals surface area contributed by atoms with Gasteiger partial charge in [0.25, 0.3) is 11.1 Å². The Morgan fingerprint density at radius 1 is 1.21 bits per heavy atom. The van der Waals surface area contributed by atoms with E-state index in [9.17, 15) is 19.1 Å². The minimum atomic E-state index is -0.535. The first-order chi connectivity index (χ1) is 11.5. The number of amides is 2. The van der Waals surface area contributed by atoms with Crippen LogP contribution in [0, 0.1) is 5.82 Å². The molecule has 0 radical (unpaired) electrons. The van der Waals surface area contributed by atoms with Crippen molar-refractivity contribution in [3.05, 3.63) is 69.3 Å². The fourth-order valence-corrected chi connectivity index (χ4v) is 3.23. The summed E-state index contributed by atoms with van der Waals surface area (Å²) in [7, 11) is 0. The van der Waals surface area contributed by atoms with Crippen molar-refractivity contribution in [2.75, 3.05) is 0 Å². The number of hydrogen-bond donors (Lipinski definition) is 1. The Hall–Kier alpha value is -2.31. The van der Waals surface area contributed by atoms with Crippen LogP contribution in [0.1, 0.15) is 11.1 Å². The third-order valence-corrected chi connectivity index (χ3v) is 4.58. The van der Waals surface area contributed by atoms with Crippen LogP contribution in [0.3, 0.4) is 0 Å². The number of benzene rings is 2. The molecule has 2 aromatic rings. The molecule has 3 rings (SSSR count). The van der Waals surface area contributed by atoms with E-state index in [0.29, 0.717) is 10.6 Å². The van der Waals surface area contributed by atoms with E-state index in [1.807, 2.05) is 0 Å². The quantitative estimate of drug-likeness (QED) is 0.820. The van der Waals surface area contributed by atoms with Crippen LogP contribution in [-0.2, 0) is 11.3 Å². The highest BCUT2D eigenvalue weighted by Gasteiger charge is 2.35. The van der Waals surface area contributed by atoms with E-state index in [1.54, 1.807) is 6.07 Å². The van der Waals surface area contributed by atoms with Gasteiger partial charge in [0.05, 0.1) is 11.4 Å². The lowest BCUT2D eigenvalue weighted by Gasteiger charge is -2.12. The zero-order valence-corrected chi connectivity index (χ0v) is 13.8. The van der Waals surface area contributed by atoms with Crippen molar-refractivity contribution in [3.63, 3.8) is 0 Å². The van der Waals surface area contributed by atoms with E-state index in [1.165, 1.54) is 42.5 Å². The molecule has 4 nitrogen and oxygen atoms in total. The normalized spacial score (nSPS) is 16.2. The third kappa shape index (κ3) is 3.29. The van der Waals surface area contributed by atoms with Gasteiger partial charge in [0.1, 0.15) is 11.6 Å². The number of nitrogens with zero attached hydrogens (tertiary/aromatic N) is 1. The van der Waals surface area contributed by atoms with Crippen LogP contribution in [0.4, 0.5) is 9.18 Å². The topological polar surface area (TPSA) is 57.6 Å². The Morgan fingerprint density at radius 3 is 2.71 bits per heavy atom. The van der Waals surface area contributed by atoms with Gasteiger partial charge in [-0.05, 0) is 42.1 Å². The van der Waals surface area contributed by atoms with Gasteiger partial charge in [0, 0.05) is 16.1 Å². The van der Waals surface area contributed by atoms with Crippen LogP contribution >= 0.6 is 23.4 Å². The smallest absolute Gasteiger partial charge is 0.293 e. The lowest BCUT2D eigenvalue weighted by Crippen LogP contribution is -2.27. The number of carbonyl (C=O) groups excluding carboxylic acids is 2. The second kappa shape index (κ2) is 6.67. The van der Waals surface area contributed by atoms with Gasteiger partial charge in [0.15, 0.2) is 0 Å². The van der Waals surface area contributed by atoms with Crippen LogP contribution in [0.15, 0.2) is 47.4 Å². The lowest BCUT2D eigenvalue weighted by atomic mass is 10.1. The highest BCUT2D eigenvalue weighted by molar-refractivity contribution is 8.18. The summed E-state index contributed by atoms with van der Waals surface area (Å²) in [5, 5.41) is 9.72. The molecule has 24 heavy (non-hydrogen) atoms. The molecule has 1 saturated heterocycles. The van der Waals surface area contributed by atoms with Crippen molar-refractivity contribution in [2.45, 2.75) is 6.54 Å². The minimum Gasteiger partial charge on any atom is -0.507 e. The first-order valence-electron chi connectivity index (χ1n) is 6.93. The third-order valence-electron chi connectivity index (χ3n) is 3.44. The maximum absolute atomic E-state index is 13.7. The highest BCUT2D eigenvalue weighted by atomic mass is 35.5. The zero-order chi connectivity index (χ0) is 17.3. The molecule has 122 valence electrons. The van der Waals surface area contributed by atoms with E-state index >= 15 is 0 Å². The average molecular weight is 364 g/mol. The van der Waals surface area contributed by atoms with E-state index in [0.717, 1.165) is 16.7 Å². The number of halogens is 2. The molecule has 0 aromatic heterocycles. The molecule has 1 aliphatic rings. The molecule has 1 heterocycles. The Bertz CT molecular complexity index is 869. The number of imide groups is 1. The van der Waals surface area contributed by atoms with E-state index in [-0.39, 0.29) is 22.8 Å². The summed E-state index contributed by atoms with van der Waals surface area (Å²) in [4.78, 5) is 25.6. The summed E-state index contributed by atoms with van der Waals surface area (Å²) >= 11 is 6.61. The first kappa shape index (κ1) is 16.5. The molecule has 0 unspecified atom stereocenters. The van der Waals surface area contributed by atoms with Crippen molar-refractivity contribution in [2.24, 2.45) is 0 Å². The molecule has 2 aromatic carbocycles. The molecule has 2 amide bonds. The fourth-order valence-electron chi connectivity index (χ4n) is 2.22. The maximum atomic E-state index is 13.7. The summed E-state index contributed by atoms with van der Waals surface area (Å²) in [6, 6.07) is 10.4. The van der Waals surface area contributed by atoms with Gasteiger partial charge in [0.2, 0.25) is 0 Å². The molecular weight excluding hydrogens is 353 g/mol. The Morgan fingerprint density at radius 2 is 1.96 bits per heavy atom. The Labute approximate surface area is 146 Å². The molecule has 1 fully saturated rings. The standard InChI is InChI=1S/C17H11ClFNO3S/c18-12-5-6-14(21)11(7-12)8-15-16(22)20(17(23)24-15)9-10-3-1-2-4-13(10)19/h1-8,21H,9H2/b15-8-. The van der Waals surface area contributed by atoms with Gasteiger partial charge < -0.3 is 5.11 Å². The van der Waals surface area contributed by atoms with Crippen molar-refractivity contribution in [1.82, 2.24) is 4.90 Å². The maximum Gasteiger partial charge on any atom is 0.293 e. The number of phenols is 1. The van der Waals surface area contributed by atoms with Crippen molar-refractivity contribution < 1.29 is 19.1 Å². The number of carbonyl (C=O) groups is 2. The van der Waals surface area contributed by atoms with Gasteiger partial charge in [-0.2, -0.15) is 0 Å². The van der Waals surface area contributed by atoms with E-state index in [2.05, 4.69) is 0 Å². The second-order valence-corrected chi connectivity index (χ2v) is 6.49. The van der Waals surface area contributed by atoms with Crippen LogP contribution in [0.5, 0.6) is 5.75 Å². The van der Waals surface area contributed by atoms with Crippen molar-refractivity contribution in [3.8, 4) is 5.75 Å². The Balaban J connectivity index is 1.88. The molecule has 0 aliphatic carbocycles. The van der Waals surface area contributed by atoms with E-state index in [4.69, 9.17) is 11.6 Å². The number of thioether (sulfide) groups is 1. The average Bonchev–Trinajstić information content (AvgIpc) is 2.80. The molecule has 0 bridgehead atoms. The van der Waals surface area contributed by atoms with Gasteiger partial charge in [-0.25, -0.2) is 4.39 Å². The lowest BCUT2D eigenvalue weighted by molar-refractivity contribution is -0.123. The second-order valence-electron chi connectivity index (χ2n) is 5.06. The van der Waals surface area contributed by atoms with Gasteiger partial charge in [-0.3, -0.25) is 14.5 Å². The summed E-state index contributed by atoms with van der Waals surface area (Å²) in [6.45, 7) is -0.143. The first-order valence-corrected chi connectivity index (χ1v) is 8.12. The summed E-state index contributed by atoms with van der Waals surface area (Å²) in [5.74, 6) is -1.07. The molecule has 0 saturated carbocycles. The zero-order valence-electron chi connectivity index (χ0n) is 12.2. The Kier molecular flexibility index (Phi) is 4.59. The summed E-state index contributed by atoms with van der Waals surface area (Å²) in [5.41, 5.74) is 0.588. The predicted molar refractivity (Wildman–Crippen MR) is 91.0 cm³/mol. The summed E-state index contributed by atoms with van der Waals surface area (Å²) in [6.07, 6.45) is 1.40. The molecule has 1 aliphatic heterocycles. The van der Waals surface area contributed by atoms with E-state index < -0.39 is 17.0 Å². The molecule has 7 heteroatoms. The van der Waals surface area contributed by atoms with Gasteiger partial charge >= 0.3 is 0 Å². The summed E-state index contributed by atoms with van der Waals surface area (Å²) < 4.78 is 13.7. The molecule has 0 atom stereocenters. The van der Waals surface area contributed by atoms with Crippen LogP contribution < -0.4 is 0 Å². The fraction of sp³-hybridized carbons (Fsp3) is 0.0588.